The number of nitrogens with zero attached hydrogens (tertiary/aromatic N) is 1. The second-order valence-electron chi connectivity index (χ2n) is 22.6. The van der Waals surface area contributed by atoms with Crippen molar-refractivity contribution in [1.82, 2.24) is 5.32 Å². The van der Waals surface area contributed by atoms with Gasteiger partial charge < -0.3 is 19.4 Å². The summed E-state index contributed by atoms with van der Waals surface area (Å²) in [6.07, 6.45) is 69.4. The second-order valence-corrected chi connectivity index (χ2v) is 24.1. The van der Waals surface area contributed by atoms with Gasteiger partial charge in [-0.15, -0.1) is 0 Å². The van der Waals surface area contributed by atoms with Gasteiger partial charge in [-0.25, -0.2) is 4.57 Å². The van der Waals surface area contributed by atoms with Crippen molar-refractivity contribution in [2.75, 3.05) is 40.9 Å². The number of rotatable bonds is 57. The van der Waals surface area contributed by atoms with E-state index >= 15 is 0 Å². The van der Waals surface area contributed by atoms with Gasteiger partial charge in [0.1, 0.15) is 19.3 Å². The van der Waals surface area contributed by atoms with Crippen LogP contribution in [0.2, 0.25) is 0 Å². The molecule has 0 bridgehead atoms. The summed E-state index contributed by atoms with van der Waals surface area (Å²) < 4.78 is 30.7. The Bertz CT molecular complexity index is 1470. The molecule has 0 spiro atoms. The van der Waals surface area contributed by atoms with Gasteiger partial charge in [0, 0.05) is 12.8 Å². The predicted molar refractivity (Wildman–Crippen MR) is 323 cm³/mol. The second kappa shape index (κ2) is 55.0. The van der Waals surface area contributed by atoms with Crippen molar-refractivity contribution < 1.29 is 37.3 Å². The van der Waals surface area contributed by atoms with Crippen molar-refractivity contribution in [3.63, 3.8) is 0 Å². The molecule has 438 valence electrons. The minimum absolute atomic E-state index is 0.0353. The molecule has 0 aliphatic rings. The number of unbranched alkanes of at least 4 members (excludes halogenated alkanes) is 35. The van der Waals surface area contributed by atoms with Gasteiger partial charge in [0.05, 0.1) is 33.8 Å². The van der Waals surface area contributed by atoms with Gasteiger partial charge in [0.15, 0.2) is 0 Å². The highest BCUT2D eigenvalue weighted by atomic mass is 31.2. The number of quaternary nitrogens is 1. The Balaban J connectivity index is 5.17. The Morgan fingerprint density at radius 2 is 0.867 bits per heavy atom. The number of phosphoric acid groups is 1. The number of ether oxygens (including phenoxy) is 1. The molecule has 0 rings (SSSR count). The van der Waals surface area contributed by atoms with Crippen LogP contribution >= 0.6 is 7.82 Å². The summed E-state index contributed by atoms with van der Waals surface area (Å²) >= 11 is 0. The summed E-state index contributed by atoms with van der Waals surface area (Å²) in [6.45, 7) is 6.88. The summed E-state index contributed by atoms with van der Waals surface area (Å²) in [5.74, 6) is -0.522. The molecule has 75 heavy (non-hydrogen) atoms. The molecule has 3 unspecified atom stereocenters. The smallest absolute Gasteiger partial charge is 0.456 e. The summed E-state index contributed by atoms with van der Waals surface area (Å²) in [5.41, 5.74) is 0. The number of carbonyl (C=O) groups excluding carboxylic acids is 2. The molecule has 0 aromatic rings. The third kappa shape index (κ3) is 56.2. The quantitative estimate of drug-likeness (QED) is 0.0156. The molecule has 0 saturated heterocycles. The largest absolute Gasteiger partial charge is 0.472 e. The first kappa shape index (κ1) is 72.7. The van der Waals surface area contributed by atoms with Gasteiger partial charge in [-0.3, -0.25) is 18.6 Å². The van der Waals surface area contributed by atoms with Crippen LogP contribution in [-0.4, -0.2) is 74.3 Å². The first-order chi connectivity index (χ1) is 36.4. The molecule has 0 aliphatic carbocycles. The lowest BCUT2D eigenvalue weighted by Crippen LogP contribution is -2.47. The topological polar surface area (TPSA) is 111 Å². The fourth-order valence-corrected chi connectivity index (χ4v) is 9.85. The van der Waals surface area contributed by atoms with Gasteiger partial charge >= 0.3 is 13.8 Å². The number of allylic oxidation sites excluding steroid dienone is 9. The maximum absolute atomic E-state index is 13.5. The van der Waals surface area contributed by atoms with E-state index in [2.05, 4.69) is 74.7 Å². The molecular weight excluding hydrogens is 952 g/mol. The third-order valence-electron chi connectivity index (χ3n) is 14.0. The van der Waals surface area contributed by atoms with Crippen molar-refractivity contribution in [2.45, 2.75) is 303 Å². The lowest BCUT2D eigenvalue weighted by molar-refractivity contribution is -0.870. The zero-order valence-electron chi connectivity index (χ0n) is 50.0. The minimum atomic E-state index is -4.45. The van der Waals surface area contributed by atoms with E-state index in [-0.39, 0.29) is 31.5 Å². The number of amides is 1. The van der Waals surface area contributed by atoms with Crippen LogP contribution in [0, 0.1) is 0 Å². The normalized spacial score (nSPS) is 14.1. The Kier molecular flexibility index (Phi) is 53.4. The number of esters is 1. The van der Waals surface area contributed by atoms with Gasteiger partial charge in [0.25, 0.3) is 0 Å². The average Bonchev–Trinajstić information content (AvgIpc) is 3.37. The van der Waals surface area contributed by atoms with Gasteiger partial charge in [0.2, 0.25) is 5.91 Å². The summed E-state index contributed by atoms with van der Waals surface area (Å²) in [5, 5.41) is 3.04. The third-order valence-corrected chi connectivity index (χ3v) is 15.0. The monoisotopic (exact) mass is 1070 g/mol. The lowest BCUT2D eigenvalue weighted by atomic mass is 10.0. The van der Waals surface area contributed by atoms with Crippen LogP contribution in [0.4, 0.5) is 0 Å². The lowest BCUT2D eigenvalue weighted by Gasteiger charge is -2.27. The minimum Gasteiger partial charge on any atom is -0.456 e. The van der Waals surface area contributed by atoms with Crippen molar-refractivity contribution in [1.29, 1.82) is 0 Å². The first-order valence-electron chi connectivity index (χ1n) is 31.6. The standard InChI is InChI=1S/C65H121N2O7P/c1-7-10-13-16-19-22-25-28-29-30-31-32-33-34-35-36-37-40-43-46-49-52-55-58-65(69)74-63(56-53-50-47-44-41-38-26-23-20-17-14-11-8-2)62(61-73-75(70,71)72-60-59-67(4,5)6)66-64(68)57-54-51-48-45-42-39-27-24-21-18-15-12-9-3/h12,15,18,21,24,27-29,53,56,62-63H,7-11,13-14,16-17,19-20,22-23,25-26,30-52,54-55,57-61H2,1-6H3,(H-,66,68,70,71)/p+1/b15-12+,21-18+,27-24-,29-28+,56-53-. The zero-order valence-corrected chi connectivity index (χ0v) is 50.9. The number of hydrogen-bond donors (Lipinski definition) is 2. The Labute approximate surface area is 464 Å². The van der Waals surface area contributed by atoms with Crippen molar-refractivity contribution in [2.24, 2.45) is 0 Å². The summed E-state index contributed by atoms with van der Waals surface area (Å²) in [6, 6.07) is -0.859. The van der Waals surface area contributed by atoms with E-state index in [1.165, 1.54) is 173 Å². The number of nitrogens with one attached hydrogen (secondary N) is 1. The molecule has 0 fully saturated rings. The Hall–Kier alpha value is -2.29. The highest BCUT2D eigenvalue weighted by Gasteiger charge is 2.30. The van der Waals surface area contributed by atoms with Gasteiger partial charge in [-0.1, -0.05) is 262 Å². The van der Waals surface area contributed by atoms with Crippen molar-refractivity contribution in [3.8, 4) is 0 Å². The predicted octanol–water partition coefficient (Wildman–Crippen LogP) is 19.4. The van der Waals surface area contributed by atoms with Crippen molar-refractivity contribution >= 4 is 19.7 Å². The van der Waals surface area contributed by atoms with Crippen LogP contribution < -0.4 is 5.32 Å². The molecule has 9 nitrogen and oxygen atoms in total. The molecular formula is C65H122N2O7P+. The molecule has 3 atom stereocenters. The molecule has 2 N–H and O–H groups in total. The maximum Gasteiger partial charge on any atom is 0.472 e. The number of hydrogen-bond acceptors (Lipinski definition) is 6. The molecule has 0 aliphatic heterocycles. The molecule has 0 radical (unpaired) electrons. The summed E-state index contributed by atoms with van der Waals surface area (Å²) in [7, 11) is 1.48. The molecule has 0 aromatic carbocycles. The molecule has 0 heterocycles. The van der Waals surface area contributed by atoms with E-state index < -0.39 is 20.0 Å². The number of likely N-dealkylation sites (N-methyl/N-ethyl adjacent to an activating group) is 1. The van der Waals surface area contributed by atoms with Crippen LogP contribution in [-0.2, 0) is 27.9 Å². The zero-order chi connectivity index (χ0) is 55.0. The first-order valence-corrected chi connectivity index (χ1v) is 33.1. The number of carbonyl (C=O) groups is 2. The highest BCUT2D eigenvalue weighted by Crippen LogP contribution is 2.43. The van der Waals surface area contributed by atoms with E-state index in [9.17, 15) is 19.0 Å². The fraction of sp³-hybridized carbons (Fsp3) is 0.815. The van der Waals surface area contributed by atoms with Crippen LogP contribution in [0.3, 0.4) is 0 Å². The molecule has 1 amide bonds. The van der Waals surface area contributed by atoms with Gasteiger partial charge in [-0.05, 0) is 76.7 Å². The van der Waals surface area contributed by atoms with Gasteiger partial charge in [-0.2, -0.15) is 0 Å². The Morgan fingerprint density at radius 3 is 1.31 bits per heavy atom. The van der Waals surface area contributed by atoms with Crippen LogP contribution in [0.5, 0.6) is 0 Å². The van der Waals surface area contributed by atoms with Crippen LogP contribution in [0.15, 0.2) is 60.8 Å². The molecule has 0 saturated carbocycles. The van der Waals surface area contributed by atoms with E-state index in [4.69, 9.17) is 13.8 Å². The SMILES string of the molecule is CC/C=C/C=C/C=C\CCCCCCCC(=O)NC(COP(=O)(O)OCC[N+](C)(C)C)C(/C=C\CCCCCCCCCCCCC)OC(=O)CCCCCCCCCCCCCCC/C=C/CCCCCCCC. The van der Waals surface area contributed by atoms with E-state index in [1.54, 1.807) is 0 Å². The van der Waals surface area contributed by atoms with Crippen molar-refractivity contribution in [3.05, 3.63) is 60.8 Å². The molecule has 10 heteroatoms. The molecule has 0 aromatic heterocycles. The maximum atomic E-state index is 13.5. The van der Waals surface area contributed by atoms with E-state index in [1.807, 2.05) is 33.3 Å². The highest BCUT2D eigenvalue weighted by molar-refractivity contribution is 7.47. The Morgan fingerprint density at radius 1 is 0.480 bits per heavy atom. The van der Waals surface area contributed by atoms with Crippen LogP contribution in [0.1, 0.15) is 290 Å². The average molecular weight is 1070 g/mol. The van der Waals surface area contributed by atoms with E-state index in [0.29, 0.717) is 17.4 Å². The number of phosphoric ester groups is 1. The van der Waals surface area contributed by atoms with E-state index in [0.717, 1.165) is 83.5 Å². The summed E-state index contributed by atoms with van der Waals surface area (Å²) in [4.78, 5) is 37.7. The fourth-order valence-electron chi connectivity index (χ4n) is 9.11. The van der Waals surface area contributed by atoms with Crippen LogP contribution in [0.25, 0.3) is 0 Å².